The molecule has 0 aliphatic heterocycles. The molecule has 0 fully saturated rings. The highest BCUT2D eigenvalue weighted by Gasteiger charge is 2.27. The molecule has 0 bridgehead atoms. The van der Waals surface area contributed by atoms with E-state index in [1.54, 1.807) is 24.3 Å². The third kappa shape index (κ3) is 5.57. The summed E-state index contributed by atoms with van der Waals surface area (Å²) in [5, 5.41) is 0. The fourth-order valence-electron chi connectivity index (χ4n) is 1.10. The van der Waals surface area contributed by atoms with Crippen molar-refractivity contribution in [2.24, 2.45) is 5.73 Å². The predicted molar refractivity (Wildman–Crippen MR) is 59.9 cm³/mol. The minimum Gasteiger partial charge on any atom is -0.466 e. The second-order valence-electron chi connectivity index (χ2n) is 3.23. The van der Waals surface area contributed by atoms with Crippen LogP contribution in [-0.4, -0.2) is 26.1 Å². The zero-order valence-corrected chi connectivity index (χ0v) is 9.46. The molecule has 2 N–H and O–H groups in total. The third-order valence-electron chi connectivity index (χ3n) is 1.78. The van der Waals surface area contributed by atoms with Gasteiger partial charge in [0, 0.05) is 0 Å². The van der Waals surface area contributed by atoms with E-state index in [0.717, 1.165) is 0 Å². The summed E-state index contributed by atoms with van der Waals surface area (Å²) in [7, 11) is 0. The summed E-state index contributed by atoms with van der Waals surface area (Å²) in [5.74, 6) is 5.75. The number of para-hydroxylation sites is 1. The smallest absolute Gasteiger partial charge is 0.411 e. The van der Waals surface area contributed by atoms with E-state index in [4.69, 9.17) is 10.5 Å². The Morgan fingerprint density at radius 2 is 1.94 bits per heavy atom. The maximum atomic E-state index is 11.8. The minimum atomic E-state index is -4.36. The Kier molecular flexibility index (Phi) is 5.49. The average molecular weight is 259 g/mol. The zero-order valence-electron chi connectivity index (χ0n) is 9.46. The van der Waals surface area contributed by atoms with Crippen LogP contribution in [0.4, 0.5) is 13.2 Å². The number of hydrogen-bond donors (Lipinski definition) is 1. The van der Waals surface area contributed by atoms with Crippen molar-refractivity contribution in [2.75, 3.05) is 19.9 Å². The van der Waals surface area contributed by atoms with Crippen molar-refractivity contribution in [3.63, 3.8) is 0 Å². The molecule has 0 radical (unpaired) electrons. The number of alkyl halides is 3. The van der Waals surface area contributed by atoms with Crippen molar-refractivity contribution in [2.45, 2.75) is 6.18 Å². The van der Waals surface area contributed by atoms with Crippen LogP contribution in [0.1, 0.15) is 5.56 Å². The summed E-state index contributed by atoms with van der Waals surface area (Å²) in [5.41, 5.74) is 5.79. The first-order chi connectivity index (χ1) is 8.53. The Morgan fingerprint density at radius 3 is 2.61 bits per heavy atom. The van der Waals surface area contributed by atoms with Crippen molar-refractivity contribution in [1.82, 2.24) is 0 Å². The molecule has 1 rings (SSSR count). The van der Waals surface area contributed by atoms with Gasteiger partial charge in [-0.25, -0.2) is 0 Å². The maximum absolute atomic E-state index is 11.8. The molecular weight excluding hydrogens is 247 g/mol. The second kappa shape index (κ2) is 6.89. The predicted octanol–water partition coefficient (Wildman–Crippen LogP) is 1.91. The lowest BCUT2D eigenvalue weighted by Gasteiger charge is -2.10. The Morgan fingerprint density at radius 1 is 1.22 bits per heavy atom. The molecular formula is C12H12F3NO2. The number of rotatable bonds is 4. The topological polar surface area (TPSA) is 44.5 Å². The van der Waals surface area contributed by atoms with Gasteiger partial charge in [-0.3, -0.25) is 0 Å². The van der Waals surface area contributed by atoms with E-state index >= 15 is 0 Å². The molecule has 6 heteroatoms. The van der Waals surface area contributed by atoms with Gasteiger partial charge in [0.05, 0.1) is 12.1 Å². The number of benzene rings is 1. The average Bonchev–Trinajstić information content (AvgIpc) is 2.32. The Balaban J connectivity index is 2.52. The van der Waals surface area contributed by atoms with Crippen LogP contribution in [0.3, 0.4) is 0 Å². The van der Waals surface area contributed by atoms with Crippen LogP contribution in [0.2, 0.25) is 0 Å². The SMILES string of the molecule is NCC#Cc1ccccc1OCOCC(F)(F)F. The third-order valence-corrected chi connectivity index (χ3v) is 1.78. The highest BCUT2D eigenvalue weighted by atomic mass is 19.4. The highest BCUT2D eigenvalue weighted by molar-refractivity contribution is 5.45. The van der Waals surface area contributed by atoms with Crippen LogP contribution < -0.4 is 10.5 Å². The zero-order chi connectivity index (χ0) is 13.4. The standard InChI is InChI=1S/C12H12F3NO2/c13-12(14,15)8-17-9-18-11-6-2-1-4-10(11)5-3-7-16/h1-2,4,6H,7-9,16H2. The van der Waals surface area contributed by atoms with Gasteiger partial charge in [-0.2, -0.15) is 13.2 Å². The summed E-state index contributed by atoms with van der Waals surface area (Å²) >= 11 is 0. The normalized spacial score (nSPS) is 10.7. The van der Waals surface area contributed by atoms with Crippen LogP contribution in [0.25, 0.3) is 0 Å². The van der Waals surface area contributed by atoms with Crippen LogP contribution in [-0.2, 0) is 4.74 Å². The van der Waals surface area contributed by atoms with Crippen molar-refractivity contribution in [3.05, 3.63) is 29.8 Å². The van der Waals surface area contributed by atoms with Gasteiger partial charge in [0.15, 0.2) is 6.79 Å². The quantitative estimate of drug-likeness (QED) is 0.510. The summed E-state index contributed by atoms with van der Waals surface area (Å²) < 4.78 is 44.8. The largest absolute Gasteiger partial charge is 0.466 e. The molecule has 0 spiro atoms. The molecule has 0 atom stereocenters. The molecule has 1 aromatic rings. The van der Waals surface area contributed by atoms with E-state index in [0.29, 0.717) is 11.3 Å². The molecule has 0 aliphatic carbocycles. The minimum absolute atomic E-state index is 0.193. The monoisotopic (exact) mass is 259 g/mol. The second-order valence-corrected chi connectivity index (χ2v) is 3.23. The fraction of sp³-hybridized carbons (Fsp3) is 0.333. The van der Waals surface area contributed by atoms with E-state index in [1.807, 2.05) is 0 Å². The van der Waals surface area contributed by atoms with Crippen molar-refractivity contribution in [3.8, 4) is 17.6 Å². The van der Waals surface area contributed by atoms with Crippen molar-refractivity contribution < 1.29 is 22.6 Å². The van der Waals surface area contributed by atoms with Crippen LogP contribution in [0.15, 0.2) is 24.3 Å². The molecule has 0 unspecified atom stereocenters. The Hall–Kier alpha value is -1.71. The maximum Gasteiger partial charge on any atom is 0.411 e. The Bertz CT molecular complexity index is 435. The molecule has 3 nitrogen and oxygen atoms in total. The molecule has 1 aromatic carbocycles. The number of nitrogens with two attached hydrogens (primary N) is 1. The molecule has 18 heavy (non-hydrogen) atoms. The van der Waals surface area contributed by atoms with Crippen LogP contribution in [0.5, 0.6) is 5.75 Å². The number of hydrogen-bond acceptors (Lipinski definition) is 3. The first-order valence-corrected chi connectivity index (χ1v) is 5.08. The van der Waals surface area contributed by atoms with Gasteiger partial charge in [-0.05, 0) is 12.1 Å². The van der Waals surface area contributed by atoms with Gasteiger partial charge in [-0.1, -0.05) is 24.0 Å². The van der Waals surface area contributed by atoms with Crippen LogP contribution in [0, 0.1) is 11.8 Å². The lowest BCUT2D eigenvalue weighted by atomic mass is 10.2. The molecule has 0 saturated heterocycles. The van der Waals surface area contributed by atoms with E-state index in [9.17, 15) is 13.2 Å². The highest BCUT2D eigenvalue weighted by Crippen LogP contribution is 2.18. The lowest BCUT2D eigenvalue weighted by molar-refractivity contribution is -0.186. The van der Waals surface area contributed by atoms with Gasteiger partial charge in [0.2, 0.25) is 0 Å². The summed E-state index contributed by atoms with van der Waals surface area (Å²) in [6.45, 7) is -1.64. The summed E-state index contributed by atoms with van der Waals surface area (Å²) in [4.78, 5) is 0. The molecule has 0 aliphatic rings. The Labute approximate surface area is 103 Å². The molecule has 0 amide bonds. The summed E-state index contributed by atoms with van der Waals surface area (Å²) in [6, 6.07) is 6.70. The lowest BCUT2D eigenvalue weighted by Crippen LogP contribution is -2.19. The fourth-order valence-corrected chi connectivity index (χ4v) is 1.10. The van der Waals surface area contributed by atoms with Gasteiger partial charge in [0.1, 0.15) is 12.4 Å². The van der Waals surface area contributed by atoms with Gasteiger partial charge >= 0.3 is 6.18 Å². The van der Waals surface area contributed by atoms with E-state index < -0.39 is 19.6 Å². The van der Waals surface area contributed by atoms with Crippen LogP contribution >= 0.6 is 0 Å². The van der Waals surface area contributed by atoms with E-state index in [1.165, 1.54) is 0 Å². The number of ether oxygens (including phenoxy) is 2. The first kappa shape index (κ1) is 14.4. The van der Waals surface area contributed by atoms with Gasteiger partial charge < -0.3 is 15.2 Å². The molecule has 0 aromatic heterocycles. The van der Waals surface area contributed by atoms with Crippen molar-refractivity contribution in [1.29, 1.82) is 0 Å². The van der Waals surface area contributed by atoms with E-state index in [2.05, 4.69) is 16.6 Å². The van der Waals surface area contributed by atoms with E-state index in [-0.39, 0.29) is 6.54 Å². The summed E-state index contributed by atoms with van der Waals surface area (Å²) in [6.07, 6.45) is -4.36. The first-order valence-electron chi connectivity index (χ1n) is 5.08. The van der Waals surface area contributed by atoms with Crippen molar-refractivity contribution >= 4 is 0 Å². The van der Waals surface area contributed by atoms with Gasteiger partial charge in [-0.15, -0.1) is 0 Å². The molecule has 0 saturated carbocycles. The molecule has 0 heterocycles. The van der Waals surface area contributed by atoms with Gasteiger partial charge in [0.25, 0.3) is 0 Å². The molecule has 98 valence electrons. The number of halogens is 3.